The molecule has 0 aromatic rings. The molecule has 36 heavy (non-hydrogen) atoms. The Morgan fingerprint density at radius 3 is 1.44 bits per heavy atom. The Kier molecular flexibility index (Phi) is 16.0. The van der Waals surface area contributed by atoms with Crippen molar-refractivity contribution in [3.05, 3.63) is 0 Å². The first kappa shape index (κ1) is 31.8. The second-order valence-electron chi connectivity index (χ2n) is 9.03. The normalized spacial score (nSPS) is 23.5. The van der Waals surface area contributed by atoms with Gasteiger partial charge in [0, 0.05) is 25.7 Å². The zero-order valence-corrected chi connectivity index (χ0v) is 22.2. The molecule has 1 rings (SSSR count). The van der Waals surface area contributed by atoms with Crippen LogP contribution in [0, 0.1) is 0 Å². The fourth-order valence-corrected chi connectivity index (χ4v) is 3.60. The van der Waals surface area contributed by atoms with E-state index in [1.54, 1.807) is 0 Å². The van der Waals surface area contributed by atoms with Gasteiger partial charge in [-0.2, -0.15) is 0 Å². The number of aliphatic hydroxyl groups excluding tert-OH is 1. The van der Waals surface area contributed by atoms with Crippen molar-refractivity contribution in [1.29, 1.82) is 0 Å². The van der Waals surface area contributed by atoms with Gasteiger partial charge < -0.3 is 28.8 Å². The van der Waals surface area contributed by atoms with Crippen molar-refractivity contribution in [3.8, 4) is 0 Å². The Morgan fingerprint density at radius 1 is 0.611 bits per heavy atom. The smallest absolute Gasteiger partial charge is 0.306 e. The molecule has 1 aliphatic heterocycles. The number of carbonyl (C=O) groups is 4. The van der Waals surface area contributed by atoms with E-state index in [2.05, 4.69) is 0 Å². The van der Waals surface area contributed by atoms with Gasteiger partial charge in [-0.05, 0) is 25.7 Å². The number of hydrogen-bond donors (Lipinski definition) is 1. The summed E-state index contributed by atoms with van der Waals surface area (Å²) in [6.45, 7) is 7.38. The highest BCUT2D eigenvalue weighted by atomic mass is 16.7. The molecule has 0 aliphatic carbocycles. The molecule has 1 saturated heterocycles. The highest BCUT2D eigenvalue weighted by molar-refractivity contribution is 5.72. The van der Waals surface area contributed by atoms with Crippen molar-refractivity contribution in [2.45, 2.75) is 135 Å². The van der Waals surface area contributed by atoms with Crippen molar-refractivity contribution in [1.82, 2.24) is 0 Å². The fraction of sp³-hybridized carbons (Fsp3) is 0.846. The first-order valence-electron chi connectivity index (χ1n) is 13.3. The van der Waals surface area contributed by atoms with Crippen molar-refractivity contribution in [2.75, 3.05) is 6.61 Å². The fourth-order valence-electron chi connectivity index (χ4n) is 3.60. The summed E-state index contributed by atoms with van der Waals surface area (Å²) in [4.78, 5) is 49.6. The molecule has 1 aliphatic rings. The van der Waals surface area contributed by atoms with Gasteiger partial charge in [-0.1, -0.05) is 53.4 Å². The maximum Gasteiger partial charge on any atom is 0.306 e. The average Bonchev–Trinajstić information content (AvgIpc) is 2.86. The highest BCUT2D eigenvalue weighted by Crippen LogP contribution is 2.29. The lowest BCUT2D eigenvalue weighted by Crippen LogP contribution is -2.62. The Hall–Kier alpha value is -2.20. The van der Waals surface area contributed by atoms with Gasteiger partial charge in [0.15, 0.2) is 24.6 Å². The molecule has 0 bridgehead atoms. The average molecular weight is 517 g/mol. The first-order chi connectivity index (χ1) is 17.3. The number of unbranched alkanes of at least 4 members (excludes halogenated alkanes) is 4. The topological polar surface area (TPSA) is 135 Å². The van der Waals surface area contributed by atoms with Crippen molar-refractivity contribution >= 4 is 23.9 Å². The van der Waals surface area contributed by atoms with Crippen LogP contribution in [0.15, 0.2) is 0 Å². The van der Waals surface area contributed by atoms with Crippen LogP contribution in [-0.2, 0) is 42.9 Å². The summed E-state index contributed by atoms with van der Waals surface area (Å²) in [7, 11) is 0. The molecule has 0 aromatic carbocycles. The molecular formula is C26H44O10. The molecule has 208 valence electrons. The van der Waals surface area contributed by atoms with Gasteiger partial charge >= 0.3 is 23.9 Å². The summed E-state index contributed by atoms with van der Waals surface area (Å²) in [5, 5.41) is 10.7. The molecule has 0 amide bonds. The van der Waals surface area contributed by atoms with Gasteiger partial charge in [-0.15, -0.1) is 0 Å². The highest BCUT2D eigenvalue weighted by Gasteiger charge is 2.52. The van der Waals surface area contributed by atoms with E-state index in [9.17, 15) is 24.3 Å². The molecule has 0 spiro atoms. The maximum atomic E-state index is 12.6. The summed E-state index contributed by atoms with van der Waals surface area (Å²) in [5.41, 5.74) is 0. The third kappa shape index (κ3) is 11.7. The Morgan fingerprint density at radius 2 is 1.00 bits per heavy atom. The molecule has 10 heteroatoms. The van der Waals surface area contributed by atoms with E-state index in [-0.39, 0.29) is 32.3 Å². The van der Waals surface area contributed by atoms with Crippen LogP contribution in [0.25, 0.3) is 0 Å². The number of hydrogen-bond acceptors (Lipinski definition) is 10. The van der Waals surface area contributed by atoms with Gasteiger partial charge in [0.05, 0.1) is 0 Å². The third-order valence-corrected chi connectivity index (χ3v) is 5.76. The number of aliphatic hydroxyl groups is 1. The lowest BCUT2D eigenvalue weighted by atomic mass is 9.98. The molecule has 0 aromatic heterocycles. The van der Waals surface area contributed by atoms with E-state index in [0.717, 1.165) is 25.7 Å². The van der Waals surface area contributed by atoms with Crippen LogP contribution >= 0.6 is 0 Å². The van der Waals surface area contributed by atoms with E-state index in [1.807, 2.05) is 27.7 Å². The minimum absolute atomic E-state index is 0.105. The van der Waals surface area contributed by atoms with Gasteiger partial charge in [0.25, 0.3) is 0 Å². The second kappa shape index (κ2) is 18.1. The standard InChI is InChI=1S/C26H44O10/c1-5-9-13-19(27)32-17-18-23(34-20(28)14-10-6-2)24(35-21(29)15-11-7-3)25(26(31)33-18)36-22(30)16-12-8-4/h18,23-26,31H,5-17H2,1-4H3/t18-,23-,24+,25-,26-/m1/s1. The zero-order chi connectivity index (χ0) is 26.9. The molecule has 0 saturated carbocycles. The summed E-state index contributed by atoms with van der Waals surface area (Å²) < 4.78 is 27.6. The van der Waals surface area contributed by atoms with E-state index in [0.29, 0.717) is 25.7 Å². The molecule has 1 N–H and O–H groups in total. The predicted octanol–water partition coefficient (Wildman–Crippen LogP) is 3.74. The molecule has 1 heterocycles. The quantitative estimate of drug-likeness (QED) is 0.225. The summed E-state index contributed by atoms with van der Waals surface area (Å²) in [6.07, 6.45) is -0.750. The van der Waals surface area contributed by atoms with Crippen LogP contribution in [0.3, 0.4) is 0 Å². The van der Waals surface area contributed by atoms with E-state index in [1.165, 1.54) is 0 Å². The molecule has 0 unspecified atom stereocenters. The van der Waals surface area contributed by atoms with Crippen LogP contribution in [0.4, 0.5) is 0 Å². The van der Waals surface area contributed by atoms with Crippen LogP contribution in [0.1, 0.15) is 105 Å². The van der Waals surface area contributed by atoms with Gasteiger partial charge in [0.1, 0.15) is 12.7 Å². The van der Waals surface area contributed by atoms with Crippen LogP contribution in [0.5, 0.6) is 0 Å². The summed E-state index contributed by atoms with van der Waals surface area (Å²) in [6, 6.07) is 0. The lowest BCUT2D eigenvalue weighted by molar-refractivity contribution is -0.297. The van der Waals surface area contributed by atoms with Gasteiger partial charge in [-0.25, -0.2) is 0 Å². The molecule has 10 nitrogen and oxygen atoms in total. The number of carbonyl (C=O) groups excluding carboxylic acids is 4. The molecule has 5 atom stereocenters. The van der Waals surface area contributed by atoms with E-state index >= 15 is 0 Å². The maximum absolute atomic E-state index is 12.6. The van der Waals surface area contributed by atoms with Gasteiger partial charge in [-0.3, -0.25) is 19.2 Å². The minimum atomic E-state index is -1.68. The van der Waals surface area contributed by atoms with Crippen LogP contribution in [0.2, 0.25) is 0 Å². The van der Waals surface area contributed by atoms with Crippen LogP contribution in [-0.4, -0.2) is 66.3 Å². The summed E-state index contributed by atoms with van der Waals surface area (Å²) >= 11 is 0. The third-order valence-electron chi connectivity index (χ3n) is 5.76. The number of rotatable bonds is 17. The van der Waals surface area contributed by atoms with Crippen molar-refractivity contribution in [3.63, 3.8) is 0 Å². The minimum Gasteiger partial charge on any atom is -0.463 e. The lowest BCUT2D eigenvalue weighted by Gasteiger charge is -2.43. The Labute approximate surface area is 214 Å². The van der Waals surface area contributed by atoms with Gasteiger partial charge in [0.2, 0.25) is 0 Å². The first-order valence-corrected chi connectivity index (χ1v) is 13.3. The Bertz CT molecular complexity index is 680. The largest absolute Gasteiger partial charge is 0.463 e. The van der Waals surface area contributed by atoms with Crippen molar-refractivity contribution in [2.24, 2.45) is 0 Å². The molecular weight excluding hydrogens is 472 g/mol. The monoisotopic (exact) mass is 516 g/mol. The number of esters is 4. The second-order valence-corrected chi connectivity index (χ2v) is 9.03. The van der Waals surface area contributed by atoms with E-state index in [4.69, 9.17) is 23.7 Å². The Balaban J connectivity index is 3.19. The molecule has 1 fully saturated rings. The molecule has 0 radical (unpaired) electrons. The zero-order valence-electron chi connectivity index (χ0n) is 22.2. The summed E-state index contributed by atoms with van der Waals surface area (Å²) in [5.74, 6) is -2.20. The van der Waals surface area contributed by atoms with Crippen LogP contribution < -0.4 is 0 Å². The number of ether oxygens (including phenoxy) is 5. The predicted molar refractivity (Wildman–Crippen MR) is 130 cm³/mol. The van der Waals surface area contributed by atoms with E-state index < -0.39 is 54.6 Å². The van der Waals surface area contributed by atoms with Crippen molar-refractivity contribution < 1.29 is 48.0 Å². The SMILES string of the molecule is CCCCC(=O)OC[C@H]1O[C@@H](O)[C@H](OC(=O)CCCC)[C@@H](OC(=O)CCCC)[C@@H]1OC(=O)CCCC.